The molecule has 0 bridgehead atoms. The molecule has 0 saturated heterocycles. The van der Waals surface area contributed by atoms with Crippen molar-refractivity contribution in [1.82, 2.24) is 10.9 Å². The minimum absolute atomic E-state index is 0.146. The molecule has 0 aliphatic carbocycles. The second-order valence-corrected chi connectivity index (χ2v) is 6.48. The van der Waals surface area contributed by atoms with E-state index in [1.165, 1.54) is 0 Å². The highest BCUT2D eigenvalue weighted by Crippen LogP contribution is 2.00. The van der Waals surface area contributed by atoms with Crippen molar-refractivity contribution >= 4 is 0 Å². The van der Waals surface area contributed by atoms with Crippen molar-refractivity contribution in [1.29, 1.82) is 0 Å². The van der Waals surface area contributed by atoms with Crippen LogP contribution in [0.3, 0.4) is 0 Å². The van der Waals surface area contributed by atoms with Gasteiger partial charge in [0.05, 0.1) is 0 Å². The van der Waals surface area contributed by atoms with Crippen LogP contribution in [0.4, 0.5) is 0 Å². The monoisotopic (exact) mass is 202 g/mol. The molecular formula is C12H30N2. The average Bonchev–Trinajstić information content (AvgIpc) is 1.79. The van der Waals surface area contributed by atoms with Gasteiger partial charge in [0.1, 0.15) is 0 Å². The molecule has 14 heavy (non-hydrogen) atoms. The van der Waals surface area contributed by atoms with Crippen LogP contribution in [0.2, 0.25) is 0 Å². The van der Waals surface area contributed by atoms with Crippen LogP contribution in [0.1, 0.15) is 62.3 Å². The smallest absolute Gasteiger partial charge is 0.0239 e. The first kappa shape index (κ1) is 16.4. The second kappa shape index (κ2) is 6.41. The van der Waals surface area contributed by atoms with E-state index in [-0.39, 0.29) is 11.1 Å². The Labute approximate surface area is 90.8 Å². The van der Waals surface area contributed by atoms with Gasteiger partial charge in [0.25, 0.3) is 0 Å². The fourth-order valence-electron chi connectivity index (χ4n) is 0.375. The Morgan fingerprint density at radius 1 is 0.643 bits per heavy atom. The highest BCUT2D eigenvalue weighted by molar-refractivity contribution is 4.73. The molecule has 2 nitrogen and oxygen atoms in total. The van der Waals surface area contributed by atoms with Crippen LogP contribution in [-0.2, 0) is 0 Å². The van der Waals surface area contributed by atoms with Gasteiger partial charge >= 0.3 is 0 Å². The zero-order valence-electron chi connectivity index (χ0n) is 11.6. The summed E-state index contributed by atoms with van der Waals surface area (Å²) in [4.78, 5) is 0. The van der Waals surface area contributed by atoms with Gasteiger partial charge in [0.15, 0.2) is 0 Å². The lowest BCUT2D eigenvalue weighted by atomic mass is 10.1. The molecule has 0 aliphatic heterocycles. The fourth-order valence-corrected chi connectivity index (χ4v) is 0.375. The van der Waals surface area contributed by atoms with Crippen molar-refractivity contribution in [3.05, 3.63) is 0 Å². The quantitative estimate of drug-likeness (QED) is 0.637. The summed E-state index contributed by atoms with van der Waals surface area (Å²) < 4.78 is 0. The normalized spacial score (nSPS) is 12.4. The molecule has 0 aromatic heterocycles. The minimum atomic E-state index is 0.146. The number of hydrogen-bond acceptors (Lipinski definition) is 2. The Kier molecular flexibility index (Phi) is 7.49. The first-order chi connectivity index (χ1) is 5.94. The summed E-state index contributed by atoms with van der Waals surface area (Å²) in [6.45, 7) is 19.3. The lowest BCUT2D eigenvalue weighted by molar-refractivity contribution is 0.275. The van der Waals surface area contributed by atoms with Gasteiger partial charge in [-0.1, -0.05) is 20.8 Å². The van der Waals surface area contributed by atoms with E-state index in [1.54, 1.807) is 0 Å². The highest BCUT2D eigenvalue weighted by Gasteiger charge is 2.13. The van der Waals surface area contributed by atoms with E-state index in [9.17, 15) is 0 Å². The molecule has 0 aliphatic rings. The summed E-state index contributed by atoms with van der Waals surface area (Å²) in [5, 5.41) is 0. The van der Waals surface area contributed by atoms with Gasteiger partial charge in [0, 0.05) is 11.1 Å². The molecule has 0 atom stereocenters. The average molecular weight is 202 g/mol. The van der Waals surface area contributed by atoms with Gasteiger partial charge in [-0.3, -0.25) is 10.9 Å². The van der Waals surface area contributed by atoms with Crippen LogP contribution < -0.4 is 10.9 Å². The van der Waals surface area contributed by atoms with Gasteiger partial charge in [-0.05, 0) is 47.5 Å². The van der Waals surface area contributed by atoms with Crippen LogP contribution in [0.15, 0.2) is 0 Å². The second-order valence-electron chi connectivity index (χ2n) is 6.48. The van der Waals surface area contributed by atoms with Gasteiger partial charge in [-0.25, -0.2) is 0 Å². The molecule has 0 radical (unpaired) electrons. The van der Waals surface area contributed by atoms with E-state index < -0.39 is 0 Å². The molecule has 0 aromatic carbocycles. The summed E-state index contributed by atoms with van der Waals surface area (Å²) in [5.41, 5.74) is 6.72. The van der Waals surface area contributed by atoms with E-state index >= 15 is 0 Å². The van der Waals surface area contributed by atoms with E-state index in [1.807, 2.05) is 0 Å². The summed E-state index contributed by atoms with van der Waals surface area (Å²) in [6.07, 6.45) is 0. The number of rotatable bonds is 1. The maximum atomic E-state index is 3.21. The van der Waals surface area contributed by atoms with E-state index in [2.05, 4.69) is 73.2 Å². The van der Waals surface area contributed by atoms with Gasteiger partial charge in [0.2, 0.25) is 0 Å². The molecule has 88 valence electrons. The Balaban J connectivity index is 0. The predicted octanol–water partition coefficient (Wildman–Crippen LogP) is 3.34. The van der Waals surface area contributed by atoms with Crippen molar-refractivity contribution < 1.29 is 0 Å². The zero-order chi connectivity index (χ0) is 12.0. The summed E-state index contributed by atoms with van der Waals surface area (Å²) in [7, 11) is 0. The SMILES string of the molecule is CC(C)(C)NNC(C)(C)C.CC(C)C. The Morgan fingerprint density at radius 3 is 0.857 bits per heavy atom. The molecule has 0 fully saturated rings. The molecular weight excluding hydrogens is 172 g/mol. The number of nitrogens with one attached hydrogen (secondary N) is 2. The Morgan fingerprint density at radius 2 is 0.786 bits per heavy atom. The van der Waals surface area contributed by atoms with Crippen molar-refractivity contribution in [2.45, 2.75) is 73.4 Å². The van der Waals surface area contributed by atoms with Crippen LogP contribution in [0, 0.1) is 5.92 Å². The first-order valence-electron chi connectivity index (χ1n) is 5.48. The van der Waals surface area contributed by atoms with Gasteiger partial charge in [-0.2, -0.15) is 0 Å². The summed E-state index contributed by atoms with van der Waals surface area (Å²) in [6, 6.07) is 0. The molecule has 0 spiro atoms. The van der Waals surface area contributed by atoms with Crippen LogP contribution in [-0.4, -0.2) is 11.1 Å². The minimum Gasteiger partial charge on any atom is -0.252 e. The lowest BCUT2D eigenvalue weighted by Gasteiger charge is -2.28. The van der Waals surface area contributed by atoms with E-state index in [0.717, 1.165) is 5.92 Å². The summed E-state index contributed by atoms with van der Waals surface area (Å²) >= 11 is 0. The Bertz CT molecular complexity index is 109. The van der Waals surface area contributed by atoms with Crippen LogP contribution in [0.25, 0.3) is 0 Å². The first-order valence-corrected chi connectivity index (χ1v) is 5.48. The standard InChI is InChI=1S/C8H20N2.C4H10/c1-7(2,3)9-10-8(4,5)6;1-4(2)3/h9-10H,1-6H3;4H,1-3H3. The molecule has 2 heteroatoms. The molecule has 0 saturated carbocycles. The zero-order valence-corrected chi connectivity index (χ0v) is 11.6. The summed E-state index contributed by atoms with van der Waals surface area (Å²) in [5.74, 6) is 0.833. The maximum absolute atomic E-state index is 3.21. The van der Waals surface area contributed by atoms with Crippen molar-refractivity contribution in [2.75, 3.05) is 0 Å². The van der Waals surface area contributed by atoms with E-state index in [4.69, 9.17) is 0 Å². The van der Waals surface area contributed by atoms with Crippen molar-refractivity contribution in [3.63, 3.8) is 0 Å². The topological polar surface area (TPSA) is 24.1 Å². The third-order valence-electron chi connectivity index (χ3n) is 0.812. The highest BCUT2D eigenvalue weighted by atomic mass is 15.4. The molecule has 0 rings (SSSR count). The van der Waals surface area contributed by atoms with Crippen molar-refractivity contribution in [2.24, 2.45) is 5.92 Å². The molecule has 0 heterocycles. The Hall–Kier alpha value is -0.0800. The fraction of sp³-hybridized carbons (Fsp3) is 1.00. The third-order valence-corrected chi connectivity index (χ3v) is 0.812. The predicted molar refractivity (Wildman–Crippen MR) is 66.3 cm³/mol. The molecule has 0 amide bonds. The number of hydrazine groups is 1. The van der Waals surface area contributed by atoms with Crippen LogP contribution >= 0.6 is 0 Å². The molecule has 2 N–H and O–H groups in total. The largest absolute Gasteiger partial charge is 0.252 e. The lowest BCUT2D eigenvalue weighted by Crippen LogP contribution is -2.53. The molecule has 0 unspecified atom stereocenters. The van der Waals surface area contributed by atoms with Gasteiger partial charge < -0.3 is 0 Å². The van der Waals surface area contributed by atoms with E-state index in [0.29, 0.717) is 0 Å². The third kappa shape index (κ3) is 29.7. The maximum Gasteiger partial charge on any atom is 0.0239 e. The number of hydrogen-bond donors (Lipinski definition) is 2. The molecule has 0 aromatic rings. The van der Waals surface area contributed by atoms with Gasteiger partial charge in [-0.15, -0.1) is 0 Å². The van der Waals surface area contributed by atoms with Crippen LogP contribution in [0.5, 0.6) is 0 Å². The van der Waals surface area contributed by atoms with Crippen molar-refractivity contribution in [3.8, 4) is 0 Å².